The molecule has 2 heterocycles. The molecule has 0 bridgehead atoms. The molecular weight excluding hydrogens is 296 g/mol. The Labute approximate surface area is 135 Å². The average molecular weight is 320 g/mol. The molecule has 0 saturated heterocycles. The summed E-state index contributed by atoms with van der Waals surface area (Å²) < 4.78 is 1.84. The molecule has 0 fully saturated rings. The molecule has 0 radical (unpaired) electrons. The highest BCUT2D eigenvalue weighted by atomic mass is 32.1. The third-order valence-electron chi connectivity index (χ3n) is 3.31. The van der Waals surface area contributed by atoms with E-state index in [4.69, 9.17) is 0 Å². The minimum atomic E-state index is 0.0915. The summed E-state index contributed by atoms with van der Waals surface area (Å²) in [4.78, 5) is 8.90. The number of nitrogens with one attached hydrogen (secondary N) is 2. The Morgan fingerprint density at radius 2 is 2.05 bits per heavy atom. The number of aliphatic imine (C=N–C) groups is 1. The lowest BCUT2D eigenvalue weighted by Gasteiger charge is -2.14. The Morgan fingerprint density at radius 3 is 2.59 bits per heavy atom. The Bertz CT molecular complexity index is 634. The summed E-state index contributed by atoms with van der Waals surface area (Å²) in [6.45, 7) is 7.88. The lowest BCUT2D eigenvalue weighted by Crippen LogP contribution is -2.36. The summed E-state index contributed by atoms with van der Waals surface area (Å²) >= 11 is 1.68. The fourth-order valence-corrected chi connectivity index (χ4v) is 2.83. The van der Waals surface area contributed by atoms with Gasteiger partial charge in [0.1, 0.15) is 5.01 Å². The number of hydrogen-bond donors (Lipinski definition) is 2. The first-order valence-electron chi connectivity index (χ1n) is 7.26. The molecule has 7 heteroatoms. The third-order valence-corrected chi connectivity index (χ3v) is 4.16. The van der Waals surface area contributed by atoms with Crippen LogP contribution in [0.3, 0.4) is 0 Å². The number of aryl methyl sites for hydroxylation is 1. The van der Waals surface area contributed by atoms with E-state index in [0.29, 0.717) is 13.1 Å². The third kappa shape index (κ3) is 4.30. The first kappa shape index (κ1) is 16.5. The minimum Gasteiger partial charge on any atom is -0.351 e. The molecule has 120 valence electrons. The Morgan fingerprint density at radius 1 is 1.32 bits per heavy atom. The lowest BCUT2D eigenvalue weighted by atomic mass is 9.93. The molecule has 0 aliphatic carbocycles. The monoisotopic (exact) mass is 320 g/mol. The van der Waals surface area contributed by atoms with E-state index in [0.717, 1.165) is 22.4 Å². The minimum absolute atomic E-state index is 0.0915. The summed E-state index contributed by atoms with van der Waals surface area (Å²) in [5.74, 6) is 0.758. The normalized spacial score (nSPS) is 12.5. The van der Waals surface area contributed by atoms with Crippen molar-refractivity contribution in [3.63, 3.8) is 0 Å². The number of aromatic nitrogens is 3. The van der Waals surface area contributed by atoms with Crippen LogP contribution in [0.2, 0.25) is 0 Å². The molecule has 2 aromatic rings. The summed E-state index contributed by atoms with van der Waals surface area (Å²) in [6, 6.07) is 1.98. The second-order valence-electron chi connectivity index (χ2n) is 6.10. The van der Waals surface area contributed by atoms with E-state index in [-0.39, 0.29) is 5.41 Å². The van der Waals surface area contributed by atoms with Gasteiger partial charge >= 0.3 is 0 Å². The molecule has 0 amide bonds. The zero-order valence-electron chi connectivity index (χ0n) is 13.8. The van der Waals surface area contributed by atoms with E-state index in [1.54, 1.807) is 24.6 Å². The summed E-state index contributed by atoms with van der Waals surface area (Å²) in [7, 11) is 3.69. The van der Waals surface area contributed by atoms with E-state index in [9.17, 15) is 0 Å². The Hall–Kier alpha value is -1.89. The first-order chi connectivity index (χ1) is 10.4. The van der Waals surface area contributed by atoms with Crippen molar-refractivity contribution >= 4 is 17.3 Å². The Kier molecular flexibility index (Phi) is 5.18. The molecule has 0 atom stereocenters. The van der Waals surface area contributed by atoms with E-state index < -0.39 is 0 Å². The zero-order valence-corrected chi connectivity index (χ0v) is 14.7. The molecule has 0 aliphatic heterocycles. The fraction of sp³-hybridized carbons (Fsp3) is 0.533. The molecule has 0 unspecified atom stereocenters. The predicted octanol–water partition coefficient (Wildman–Crippen LogP) is 2.04. The standard InChI is InChI=1S/C15H24N6S/c1-15(2,3)12-10-22-13(20-12)9-18-14(16-4)17-8-11-6-7-19-21(11)5/h6-7,10H,8-9H2,1-5H3,(H2,16,17,18). The molecule has 6 nitrogen and oxygen atoms in total. The van der Waals surface area contributed by atoms with Crippen molar-refractivity contribution in [3.05, 3.63) is 34.0 Å². The number of nitrogens with zero attached hydrogens (tertiary/aromatic N) is 4. The second-order valence-corrected chi connectivity index (χ2v) is 7.04. The second kappa shape index (κ2) is 6.91. The molecule has 22 heavy (non-hydrogen) atoms. The molecule has 0 aliphatic rings. The zero-order chi connectivity index (χ0) is 16.2. The van der Waals surface area contributed by atoms with Gasteiger partial charge < -0.3 is 10.6 Å². The predicted molar refractivity (Wildman–Crippen MR) is 91.1 cm³/mol. The highest BCUT2D eigenvalue weighted by Crippen LogP contribution is 2.23. The van der Waals surface area contributed by atoms with Gasteiger partial charge in [-0.15, -0.1) is 11.3 Å². The van der Waals surface area contributed by atoms with E-state index in [1.807, 2.05) is 17.8 Å². The maximum atomic E-state index is 4.67. The van der Waals surface area contributed by atoms with Gasteiger partial charge in [-0.05, 0) is 6.07 Å². The number of guanidine groups is 1. The van der Waals surface area contributed by atoms with Gasteiger partial charge in [0.15, 0.2) is 5.96 Å². The van der Waals surface area contributed by atoms with Crippen LogP contribution in [0.1, 0.15) is 37.2 Å². The van der Waals surface area contributed by atoms with Crippen LogP contribution >= 0.6 is 11.3 Å². The largest absolute Gasteiger partial charge is 0.351 e. The molecule has 2 aromatic heterocycles. The van der Waals surface area contributed by atoms with Crippen molar-refractivity contribution in [2.45, 2.75) is 39.3 Å². The first-order valence-corrected chi connectivity index (χ1v) is 8.14. The Balaban J connectivity index is 1.86. The van der Waals surface area contributed by atoms with Crippen molar-refractivity contribution < 1.29 is 0 Å². The molecule has 2 N–H and O–H groups in total. The quantitative estimate of drug-likeness (QED) is 0.668. The van der Waals surface area contributed by atoms with E-state index in [1.165, 1.54) is 0 Å². The highest BCUT2D eigenvalue weighted by molar-refractivity contribution is 7.09. The van der Waals surface area contributed by atoms with Crippen molar-refractivity contribution in [2.75, 3.05) is 7.05 Å². The van der Waals surface area contributed by atoms with Gasteiger partial charge in [-0.25, -0.2) is 4.98 Å². The van der Waals surface area contributed by atoms with Crippen LogP contribution in [-0.4, -0.2) is 27.8 Å². The van der Waals surface area contributed by atoms with E-state index in [2.05, 4.69) is 51.9 Å². The smallest absolute Gasteiger partial charge is 0.191 e. The molecular formula is C15H24N6S. The van der Waals surface area contributed by atoms with Gasteiger partial charge in [0.05, 0.1) is 24.5 Å². The SMILES string of the molecule is CN=C(NCc1nc(C(C)(C)C)cs1)NCc1ccnn1C. The van der Waals surface area contributed by atoms with Crippen LogP contribution in [0.15, 0.2) is 22.6 Å². The topological polar surface area (TPSA) is 67.1 Å². The summed E-state index contributed by atoms with van der Waals surface area (Å²) in [5, 5.41) is 13.9. The van der Waals surface area contributed by atoms with Gasteiger partial charge in [-0.3, -0.25) is 9.67 Å². The van der Waals surface area contributed by atoms with Gasteiger partial charge in [-0.1, -0.05) is 20.8 Å². The fourth-order valence-electron chi connectivity index (χ4n) is 1.87. The van der Waals surface area contributed by atoms with E-state index >= 15 is 0 Å². The van der Waals surface area contributed by atoms with Crippen molar-refractivity contribution in [1.82, 2.24) is 25.4 Å². The summed E-state index contributed by atoms with van der Waals surface area (Å²) in [5.41, 5.74) is 2.33. The van der Waals surface area contributed by atoms with Crippen LogP contribution in [0, 0.1) is 0 Å². The molecule has 0 saturated carbocycles. The van der Waals surface area contributed by atoms with Gasteiger partial charge in [0.2, 0.25) is 0 Å². The lowest BCUT2D eigenvalue weighted by molar-refractivity contribution is 0.570. The highest BCUT2D eigenvalue weighted by Gasteiger charge is 2.17. The molecule has 0 aromatic carbocycles. The van der Waals surface area contributed by atoms with Crippen LogP contribution in [0.5, 0.6) is 0 Å². The van der Waals surface area contributed by atoms with Crippen LogP contribution in [-0.2, 0) is 25.6 Å². The van der Waals surface area contributed by atoms with Gasteiger partial charge in [0, 0.05) is 31.1 Å². The van der Waals surface area contributed by atoms with Gasteiger partial charge in [0.25, 0.3) is 0 Å². The number of rotatable bonds is 4. The maximum Gasteiger partial charge on any atom is 0.191 e. The number of thiazole rings is 1. The molecule has 2 rings (SSSR count). The number of hydrogen-bond acceptors (Lipinski definition) is 4. The van der Waals surface area contributed by atoms with Gasteiger partial charge in [-0.2, -0.15) is 5.10 Å². The van der Waals surface area contributed by atoms with Crippen molar-refractivity contribution in [3.8, 4) is 0 Å². The van der Waals surface area contributed by atoms with Crippen LogP contribution < -0.4 is 10.6 Å². The molecule has 0 spiro atoms. The summed E-state index contributed by atoms with van der Waals surface area (Å²) in [6.07, 6.45) is 1.79. The maximum absolute atomic E-state index is 4.67. The average Bonchev–Trinajstić information content (AvgIpc) is 3.08. The van der Waals surface area contributed by atoms with Crippen LogP contribution in [0.25, 0.3) is 0 Å². The van der Waals surface area contributed by atoms with Crippen molar-refractivity contribution in [2.24, 2.45) is 12.0 Å². The van der Waals surface area contributed by atoms with Crippen molar-refractivity contribution in [1.29, 1.82) is 0 Å². The van der Waals surface area contributed by atoms with Crippen LogP contribution in [0.4, 0.5) is 0 Å².